The first-order valence-corrected chi connectivity index (χ1v) is 6.37. The minimum absolute atomic E-state index is 0.149. The summed E-state index contributed by atoms with van der Waals surface area (Å²) in [6, 6.07) is 4.27. The molecule has 0 unspecified atom stereocenters. The van der Waals surface area contributed by atoms with Crippen molar-refractivity contribution in [1.82, 2.24) is 4.90 Å². The van der Waals surface area contributed by atoms with Crippen LogP contribution in [0.2, 0.25) is 5.02 Å². The molecule has 1 atom stereocenters. The molecule has 1 heterocycles. The van der Waals surface area contributed by atoms with E-state index in [1.54, 1.807) is 0 Å². The average Bonchev–Trinajstić information content (AvgIpc) is 2.38. The number of aliphatic carboxylic acids is 1. The molecule has 5 nitrogen and oxygen atoms in total. The minimum Gasteiger partial charge on any atom is -0.507 e. The summed E-state index contributed by atoms with van der Waals surface area (Å²) in [7, 11) is 0. The van der Waals surface area contributed by atoms with Crippen LogP contribution in [0.5, 0.6) is 5.75 Å². The quantitative estimate of drug-likeness (QED) is 0.870. The van der Waals surface area contributed by atoms with E-state index in [2.05, 4.69) is 0 Å². The van der Waals surface area contributed by atoms with Gasteiger partial charge in [-0.25, -0.2) is 0 Å². The Morgan fingerprint density at radius 3 is 2.74 bits per heavy atom. The standard InChI is InChI=1S/C13H14ClNO4/c14-9-3-4-10(11(16)6-9)12(17)15-5-1-2-8(7-15)13(18)19/h3-4,6,8,16H,1-2,5,7H2,(H,18,19)/t8-/m1/s1. The largest absolute Gasteiger partial charge is 0.507 e. The number of benzene rings is 1. The third kappa shape index (κ3) is 2.98. The van der Waals surface area contributed by atoms with E-state index in [1.807, 2.05) is 0 Å². The predicted octanol–water partition coefficient (Wildman–Crippen LogP) is 1.98. The number of halogens is 1. The van der Waals surface area contributed by atoms with E-state index in [4.69, 9.17) is 16.7 Å². The van der Waals surface area contributed by atoms with Crippen LogP contribution in [0.15, 0.2) is 18.2 Å². The van der Waals surface area contributed by atoms with Gasteiger partial charge < -0.3 is 15.1 Å². The second kappa shape index (κ2) is 5.48. The van der Waals surface area contributed by atoms with Crippen LogP contribution in [-0.2, 0) is 4.79 Å². The smallest absolute Gasteiger partial charge is 0.308 e. The monoisotopic (exact) mass is 283 g/mol. The normalized spacial score (nSPS) is 19.2. The molecule has 1 aromatic rings. The lowest BCUT2D eigenvalue weighted by Crippen LogP contribution is -2.42. The summed E-state index contributed by atoms with van der Waals surface area (Å²) in [6.45, 7) is 0.681. The molecule has 0 spiro atoms. The molecule has 1 aliphatic heterocycles. The topological polar surface area (TPSA) is 77.8 Å². The van der Waals surface area contributed by atoms with Gasteiger partial charge in [0.2, 0.25) is 0 Å². The van der Waals surface area contributed by atoms with Crippen molar-refractivity contribution in [1.29, 1.82) is 0 Å². The first kappa shape index (κ1) is 13.7. The maximum absolute atomic E-state index is 12.2. The third-order valence-corrected chi connectivity index (χ3v) is 3.48. The van der Waals surface area contributed by atoms with Crippen molar-refractivity contribution in [3.63, 3.8) is 0 Å². The molecule has 0 radical (unpaired) electrons. The Kier molecular flexibility index (Phi) is 3.95. The van der Waals surface area contributed by atoms with Gasteiger partial charge in [-0.05, 0) is 31.0 Å². The van der Waals surface area contributed by atoms with Crippen LogP contribution >= 0.6 is 11.6 Å². The number of phenols is 1. The van der Waals surface area contributed by atoms with E-state index >= 15 is 0 Å². The van der Waals surface area contributed by atoms with E-state index in [9.17, 15) is 14.7 Å². The van der Waals surface area contributed by atoms with Crippen molar-refractivity contribution in [3.05, 3.63) is 28.8 Å². The number of hydrogen-bond acceptors (Lipinski definition) is 3. The molecule has 1 aromatic carbocycles. The zero-order chi connectivity index (χ0) is 14.0. The molecule has 2 rings (SSSR count). The van der Waals surface area contributed by atoms with Crippen LogP contribution in [0.4, 0.5) is 0 Å². The molecule has 2 N–H and O–H groups in total. The second-order valence-corrected chi connectivity index (χ2v) is 5.03. The Bertz CT molecular complexity index is 517. The van der Waals surface area contributed by atoms with Gasteiger partial charge in [0.1, 0.15) is 5.75 Å². The number of carbonyl (C=O) groups excluding carboxylic acids is 1. The van der Waals surface area contributed by atoms with Gasteiger partial charge in [0.05, 0.1) is 11.5 Å². The Labute approximate surface area is 115 Å². The van der Waals surface area contributed by atoms with E-state index in [1.165, 1.54) is 23.1 Å². The van der Waals surface area contributed by atoms with Crippen LogP contribution in [0.3, 0.4) is 0 Å². The Balaban J connectivity index is 2.17. The molecule has 0 saturated carbocycles. The summed E-state index contributed by atoms with van der Waals surface area (Å²) in [5, 5.41) is 19.1. The molecule has 102 valence electrons. The van der Waals surface area contributed by atoms with Crippen molar-refractivity contribution in [3.8, 4) is 5.75 Å². The highest BCUT2D eigenvalue weighted by Gasteiger charge is 2.29. The van der Waals surface area contributed by atoms with Crippen molar-refractivity contribution >= 4 is 23.5 Å². The summed E-state index contributed by atoms with van der Waals surface area (Å²) < 4.78 is 0. The number of phenolic OH excluding ortho intramolecular Hbond substituents is 1. The number of nitrogens with zero attached hydrogens (tertiary/aromatic N) is 1. The van der Waals surface area contributed by atoms with Gasteiger partial charge in [-0.15, -0.1) is 0 Å². The Morgan fingerprint density at radius 2 is 2.11 bits per heavy atom. The minimum atomic E-state index is -0.891. The van der Waals surface area contributed by atoms with Crippen LogP contribution in [-0.4, -0.2) is 40.1 Å². The summed E-state index contributed by atoms with van der Waals surface area (Å²) in [5.74, 6) is -1.97. The zero-order valence-corrected chi connectivity index (χ0v) is 10.9. The first-order valence-electron chi connectivity index (χ1n) is 5.99. The number of carbonyl (C=O) groups is 2. The summed E-state index contributed by atoms with van der Waals surface area (Å²) >= 11 is 5.71. The Morgan fingerprint density at radius 1 is 1.37 bits per heavy atom. The SMILES string of the molecule is O=C(O)[C@@H]1CCCN(C(=O)c2ccc(Cl)cc2O)C1. The molecule has 1 amide bonds. The van der Waals surface area contributed by atoms with Gasteiger partial charge in [-0.1, -0.05) is 11.6 Å². The average molecular weight is 284 g/mol. The van der Waals surface area contributed by atoms with Crippen molar-refractivity contribution < 1.29 is 19.8 Å². The van der Waals surface area contributed by atoms with Crippen molar-refractivity contribution in [2.24, 2.45) is 5.92 Å². The van der Waals surface area contributed by atoms with E-state index in [-0.39, 0.29) is 23.8 Å². The molecule has 6 heteroatoms. The number of aromatic hydroxyl groups is 1. The van der Waals surface area contributed by atoms with Gasteiger partial charge in [0, 0.05) is 18.1 Å². The number of amides is 1. The molecule has 0 bridgehead atoms. The number of piperidine rings is 1. The van der Waals surface area contributed by atoms with Gasteiger partial charge >= 0.3 is 5.97 Å². The van der Waals surface area contributed by atoms with Crippen LogP contribution in [0.25, 0.3) is 0 Å². The first-order chi connectivity index (χ1) is 8.99. The fraction of sp³-hybridized carbons (Fsp3) is 0.385. The fourth-order valence-electron chi connectivity index (χ4n) is 2.22. The molecular weight excluding hydrogens is 270 g/mol. The fourth-order valence-corrected chi connectivity index (χ4v) is 2.39. The molecular formula is C13H14ClNO4. The molecule has 0 aliphatic carbocycles. The molecule has 0 aromatic heterocycles. The molecule has 1 aliphatic rings. The van der Waals surface area contributed by atoms with Gasteiger partial charge in [0.25, 0.3) is 5.91 Å². The van der Waals surface area contributed by atoms with E-state index in [0.717, 1.165) is 0 Å². The molecule has 19 heavy (non-hydrogen) atoms. The lowest BCUT2D eigenvalue weighted by Gasteiger charge is -2.30. The lowest BCUT2D eigenvalue weighted by molar-refractivity contribution is -0.143. The van der Waals surface area contributed by atoms with Crippen molar-refractivity contribution in [2.75, 3.05) is 13.1 Å². The maximum Gasteiger partial charge on any atom is 0.308 e. The number of likely N-dealkylation sites (tertiary alicyclic amines) is 1. The van der Waals surface area contributed by atoms with Crippen LogP contribution in [0, 0.1) is 5.92 Å². The highest BCUT2D eigenvalue weighted by molar-refractivity contribution is 6.30. The third-order valence-electron chi connectivity index (χ3n) is 3.25. The number of carboxylic acid groups (broad SMARTS) is 1. The van der Waals surface area contributed by atoms with E-state index < -0.39 is 11.9 Å². The summed E-state index contributed by atoms with van der Waals surface area (Å²) in [4.78, 5) is 24.7. The number of rotatable bonds is 2. The molecule has 1 saturated heterocycles. The highest BCUT2D eigenvalue weighted by Crippen LogP contribution is 2.25. The summed E-state index contributed by atoms with van der Waals surface area (Å²) in [6.07, 6.45) is 1.22. The molecule has 1 fully saturated rings. The van der Waals surface area contributed by atoms with Gasteiger partial charge in [-0.3, -0.25) is 9.59 Å². The van der Waals surface area contributed by atoms with E-state index in [0.29, 0.717) is 24.4 Å². The Hall–Kier alpha value is -1.75. The highest BCUT2D eigenvalue weighted by atomic mass is 35.5. The summed E-state index contributed by atoms with van der Waals surface area (Å²) in [5.41, 5.74) is 0.149. The number of hydrogen-bond donors (Lipinski definition) is 2. The van der Waals surface area contributed by atoms with Gasteiger partial charge in [-0.2, -0.15) is 0 Å². The second-order valence-electron chi connectivity index (χ2n) is 4.59. The lowest BCUT2D eigenvalue weighted by atomic mass is 9.97. The maximum atomic E-state index is 12.2. The number of carboxylic acids is 1. The van der Waals surface area contributed by atoms with Crippen LogP contribution < -0.4 is 0 Å². The van der Waals surface area contributed by atoms with Gasteiger partial charge in [0.15, 0.2) is 0 Å². The zero-order valence-electron chi connectivity index (χ0n) is 10.2. The predicted molar refractivity (Wildman–Crippen MR) is 69.4 cm³/mol. The van der Waals surface area contributed by atoms with Crippen molar-refractivity contribution in [2.45, 2.75) is 12.8 Å². The van der Waals surface area contributed by atoms with Crippen LogP contribution in [0.1, 0.15) is 23.2 Å².